The minimum absolute atomic E-state index is 0.138. The van der Waals surface area contributed by atoms with Gasteiger partial charge < -0.3 is 10.5 Å². The van der Waals surface area contributed by atoms with Crippen molar-refractivity contribution < 1.29 is 4.74 Å². The first-order valence-corrected chi connectivity index (χ1v) is 7.44. The van der Waals surface area contributed by atoms with E-state index in [-0.39, 0.29) is 6.10 Å². The molecule has 0 aliphatic heterocycles. The van der Waals surface area contributed by atoms with Crippen LogP contribution in [0.2, 0.25) is 0 Å². The van der Waals surface area contributed by atoms with Crippen molar-refractivity contribution in [3.8, 4) is 5.75 Å². The van der Waals surface area contributed by atoms with Crippen molar-refractivity contribution >= 4 is 38.5 Å². The van der Waals surface area contributed by atoms with Gasteiger partial charge in [-0.2, -0.15) is 0 Å². The van der Waals surface area contributed by atoms with Gasteiger partial charge in [-0.05, 0) is 52.9 Å². The van der Waals surface area contributed by atoms with E-state index in [1.165, 1.54) is 3.57 Å². The second kappa shape index (κ2) is 6.54. The van der Waals surface area contributed by atoms with Crippen LogP contribution in [0.1, 0.15) is 11.7 Å². The summed E-state index contributed by atoms with van der Waals surface area (Å²) in [6.45, 7) is 0.439. The standard InChI is InChI=1S/C14H13BrINO/c15-13-4-2-1-3-12(13)14(9-17)18-11-7-5-10(16)6-8-11/h1-8,14H,9,17H2. The van der Waals surface area contributed by atoms with Gasteiger partial charge in [0.15, 0.2) is 0 Å². The van der Waals surface area contributed by atoms with Crippen molar-refractivity contribution in [3.05, 3.63) is 62.1 Å². The molecule has 0 aliphatic rings. The molecule has 2 N–H and O–H groups in total. The summed E-state index contributed by atoms with van der Waals surface area (Å²) in [5.74, 6) is 0.835. The molecule has 2 aromatic carbocycles. The van der Waals surface area contributed by atoms with Crippen LogP contribution in [0.15, 0.2) is 53.0 Å². The Hall–Kier alpha value is -0.590. The van der Waals surface area contributed by atoms with Crippen molar-refractivity contribution in [3.63, 3.8) is 0 Å². The van der Waals surface area contributed by atoms with E-state index in [0.717, 1.165) is 15.8 Å². The molecule has 0 heterocycles. The summed E-state index contributed by atoms with van der Waals surface area (Å²) in [5.41, 5.74) is 6.87. The Bertz CT molecular complexity index is 515. The molecule has 2 nitrogen and oxygen atoms in total. The first-order chi connectivity index (χ1) is 8.70. The van der Waals surface area contributed by atoms with E-state index >= 15 is 0 Å². The van der Waals surface area contributed by atoms with E-state index in [9.17, 15) is 0 Å². The molecule has 0 spiro atoms. The quantitative estimate of drug-likeness (QED) is 0.759. The zero-order valence-electron chi connectivity index (χ0n) is 9.64. The average molecular weight is 418 g/mol. The number of benzene rings is 2. The molecular weight excluding hydrogens is 405 g/mol. The molecule has 1 unspecified atom stereocenters. The summed E-state index contributed by atoms with van der Waals surface area (Å²) in [6, 6.07) is 15.9. The van der Waals surface area contributed by atoms with E-state index in [0.29, 0.717) is 6.54 Å². The van der Waals surface area contributed by atoms with Crippen molar-refractivity contribution in [1.29, 1.82) is 0 Å². The molecule has 0 amide bonds. The number of ether oxygens (including phenoxy) is 1. The Morgan fingerprint density at radius 1 is 1.11 bits per heavy atom. The zero-order chi connectivity index (χ0) is 13.0. The fourth-order valence-corrected chi connectivity index (χ4v) is 2.55. The van der Waals surface area contributed by atoms with Crippen molar-refractivity contribution in [1.82, 2.24) is 0 Å². The molecule has 2 aromatic rings. The van der Waals surface area contributed by atoms with Gasteiger partial charge in [0.2, 0.25) is 0 Å². The second-order valence-corrected chi connectivity index (χ2v) is 5.92. The molecule has 94 valence electrons. The highest BCUT2D eigenvalue weighted by Crippen LogP contribution is 2.27. The highest BCUT2D eigenvalue weighted by atomic mass is 127. The molecule has 18 heavy (non-hydrogen) atoms. The van der Waals surface area contributed by atoms with Gasteiger partial charge >= 0.3 is 0 Å². The number of hydrogen-bond acceptors (Lipinski definition) is 2. The Morgan fingerprint density at radius 3 is 2.39 bits per heavy atom. The lowest BCUT2D eigenvalue weighted by Gasteiger charge is -2.19. The third kappa shape index (κ3) is 3.46. The Morgan fingerprint density at radius 2 is 1.78 bits per heavy atom. The van der Waals surface area contributed by atoms with Crippen LogP contribution >= 0.6 is 38.5 Å². The van der Waals surface area contributed by atoms with E-state index in [2.05, 4.69) is 38.5 Å². The van der Waals surface area contributed by atoms with Crippen molar-refractivity contribution in [2.75, 3.05) is 6.54 Å². The maximum atomic E-state index is 5.93. The van der Waals surface area contributed by atoms with Crippen LogP contribution in [0.3, 0.4) is 0 Å². The molecule has 0 saturated carbocycles. The van der Waals surface area contributed by atoms with Crippen molar-refractivity contribution in [2.24, 2.45) is 5.73 Å². The SMILES string of the molecule is NCC(Oc1ccc(I)cc1)c1ccccc1Br. The Kier molecular flexibility index (Phi) is 5.03. The second-order valence-electron chi connectivity index (χ2n) is 3.82. The number of rotatable bonds is 4. The Labute approximate surface area is 129 Å². The van der Waals surface area contributed by atoms with Gasteiger partial charge in [0, 0.05) is 20.2 Å². The number of hydrogen-bond donors (Lipinski definition) is 1. The molecule has 1 atom stereocenters. The van der Waals surface area contributed by atoms with Gasteiger partial charge in [-0.15, -0.1) is 0 Å². The number of halogens is 2. The van der Waals surface area contributed by atoms with Gasteiger partial charge in [-0.3, -0.25) is 0 Å². The summed E-state index contributed by atoms with van der Waals surface area (Å²) in [5, 5.41) is 0. The smallest absolute Gasteiger partial charge is 0.137 e. The molecule has 0 aromatic heterocycles. The van der Waals surface area contributed by atoms with Gasteiger partial charge in [0.1, 0.15) is 11.9 Å². The van der Waals surface area contributed by atoms with E-state index in [4.69, 9.17) is 10.5 Å². The molecule has 0 radical (unpaired) electrons. The molecule has 4 heteroatoms. The van der Waals surface area contributed by atoms with Crippen LogP contribution in [0.5, 0.6) is 5.75 Å². The third-order valence-corrected chi connectivity index (χ3v) is 4.00. The van der Waals surface area contributed by atoms with E-state index in [1.807, 2.05) is 48.5 Å². The average Bonchev–Trinajstić information content (AvgIpc) is 2.39. The first kappa shape index (κ1) is 13.8. The van der Waals surface area contributed by atoms with Crippen LogP contribution in [0.25, 0.3) is 0 Å². The predicted octanol–water partition coefficient (Wildman–Crippen LogP) is 4.13. The van der Waals surface area contributed by atoms with Crippen LogP contribution in [0.4, 0.5) is 0 Å². The minimum Gasteiger partial charge on any atom is -0.484 e. The maximum Gasteiger partial charge on any atom is 0.137 e. The summed E-state index contributed by atoms with van der Waals surface area (Å²) in [4.78, 5) is 0. The van der Waals surface area contributed by atoms with Crippen LogP contribution in [-0.2, 0) is 0 Å². The van der Waals surface area contributed by atoms with Gasteiger partial charge in [0.05, 0.1) is 0 Å². The molecular formula is C14H13BrINO. The van der Waals surface area contributed by atoms with Crippen LogP contribution < -0.4 is 10.5 Å². The fraction of sp³-hybridized carbons (Fsp3) is 0.143. The highest BCUT2D eigenvalue weighted by molar-refractivity contribution is 14.1. The molecule has 0 bridgehead atoms. The summed E-state index contributed by atoms with van der Waals surface area (Å²) in [7, 11) is 0. The summed E-state index contributed by atoms with van der Waals surface area (Å²) < 4.78 is 8.13. The summed E-state index contributed by atoms with van der Waals surface area (Å²) in [6.07, 6.45) is -0.138. The van der Waals surface area contributed by atoms with E-state index in [1.54, 1.807) is 0 Å². The largest absolute Gasteiger partial charge is 0.484 e. The monoisotopic (exact) mass is 417 g/mol. The van der Waals surface area contributed by atoms with Gasteiger partial charge in [0.25, 0.3) is 0 Å². The minimum atomic E-state index is -0.138. The van der Waals surface area contributed by atoms with Gasteiger partial charge in [-0.25, -0.2) is 0 Å². The topological polar surface area (TPSA) is 35.2 Å². The lowest BCUT2D eigenvalue weighted by molar-refractivity contribution is 0.213. The van der Waals surface area contributed by atoms with Gasteiger partial charge in [-0.1, -0.05) is 34.1 Å². The van der Waals surface area contributed by atoms with E-state index < -0.39 is 0 Å². The summed E-state index contributed by atoms with van der Waals surface area (Å²) >= 11 is 5.79. The normalized spacial score (nSPS) is 12.2. The molecule has 0 saturated heterocycles. The zero-order valence-corrected chi connectivity index (χ0v) is 13.4. The first-order valence-electron chi connectivity index (χ1n) is 5.57. The Balaban J connectivity index is 2.20. The van der Waals surface area contributed by atoms with Crippen LogP contribution in [-0.4, -0.2) is 6.54 Å². The molecule has 0 fully saturated rings. The third-order valence-electron chi connectivity index (χ3n) is 2.56. The lowest BCUT2D eigenvalue weighted by atomic mass is 10.1. The molecule has 2 rings (SSSR count). The highest BCUT2D eigenvalue weighted by Gasteiger charge is 2.14. The molecule has 0 aliphatic carbocycles. The fourth-order valence-electron chi connectivity index (χ4n) is 1.65. The predicted molar refractivity (Wildman–Crippen MR) is 85.7 cm³/mol. The lowest BCUT2D eigenvalue weighted by Crippen LogP contribution is -2.18. The number of nitrogens with two attached hydrogens (primary N) is 1. The van der Waals surface area contributed by atoms with Crippen LogP contribution in [0, 0.1) is 3.57 Å². The van der Waals surface area contributed by atoms with Crippen molar-refractivity contribution in [2.45, 2.75) is 6.10 Å². The maximum absolute atomic E-state index is 5.93.